The molecular formula is C21H23NO5. The summed E-state index contributed by atoms with van der Waals surface area (Å²) in [4.78, 5) is 35.4. The fourth-order valence-electron chi connectivity index (χ4n) is 2.45. The summed E-state index contributed by atoms with van der Waals surface area (Å²) in [7, 11) is 0. The van der Waals surface area contributed by atoms with Crippen LogP contribution < -0.4 is 10.1 Å². The molecule has 0 aromatic heterocycles. The van der Waals surface area contributed by atoms with Gasteiger partial charge >= 0.3 is 5.97 Å². The van der Waals surface area contributed by atoms with Crippen molar-refractivity contribution in [3.8, 4) is 5.75 Å². The molecule has 0 aliphatic rings. The summed E-state index contributed by atoms with van der Waals surface area (Å²) in [6.45, 7) is 6.43. The van der Waals surface area contributed by atoms with Gasteiger partial charge < -0.3 is 14.8 Å². The molecule has 1 amide bonds. The summed E-state index contributed by atoms with van der Waals surface area (Å²) < 4.78 is 10.4. The summed E-state index contributed by atoms with van der Waals surface area (Å²) in [5, 5.41) is 2.79. The van der Waals surface area contributed by atoms with E-state index in [0.29, 0.717) is 17.0 Å². The Bertz CT molecular complexity index is 822. The number of para-hydroxylation sites is 1. The van der Waals surface area contributed by atoms with E-state index < -0.39 is 18.0 Å². The van der Waals surface area contributed by atoms with Gasteiger partial charge in [-0.05, 0) is 63.1 Å². The lowest BCUT2D eigenvalue weighted by atomic mass is 10.1. The van der Waals surface area contributed by atoms with Gasteiger partial charge in [0.15, 0.2) is 18.5 Å². The Morgan fingerprint density at radius 1 is 1.00 bits per heavy atom. The molecule has 1 N–H and O–H groups in total. The maximum absolute atomic E-state index is 12.3. The first-order valence-corrected chi connectivity index (χ1v) is 8.58. The maximum atomic E-state index is 12.3. The van der Waals surface area contributed by atoms with Crippen LogP contribution in [0.3, 0.4) is 0 Å². The number of rotatable bonds is 7. The molecule has 2 aromatic rings. The molecule has 0 fully saturated rings. The van der Waals surface area contributed by atoms with Crippen LogP contribution in [0.1, 0.15) is 35.3 Å². The third-order valence-corrected chi connectivity index (χ3v) is 4.02. The largest absolute Gasteiger partial charge is 0.482 e. The Kier molecular flexibility index (Phi) is 6.71. The molecule has 0 aliphatic carbocycles. The topological polar surface area (TPSA) is 81.7 Å². The lowest BCUT2D eigenvalue weighted by Crippen LogP contribution is -2.32. The van der Waals surface area contributed by atoms with Crippen molar-refractivity contribution >= 4 is 23.3 Å². The highest BCUT2D eigenvalue weighted by Crippen LogP contribution is 2.20. The second-order valence-corrected chi connectivity index (χ2v) is 6.26. The first kappa shape index (κ1) is 20.2. The fourth-order valence-corrected chi connectivity index (χ4v) is 2.45. The van der Waals surface area contributed by atoms with Gasteiger partial charge in [-0.2, -0.15) is 0 Å². The summed E-state index contributed by atoms with van der Waals surface area (Å²) >= 11 is 0. The highest BCUT2D eigenvalue weighted by atomic mass is 16.6. The normalized spacial score (nSPS) is 11.4. The zero-order chi connectivity index (χ0) is 20.0. The number of amides is 1. The summed E-state index contributed by atoms with van der Waals surface area (Å²) in [6.07, 6.45) is -0.958. The number of aryl methyl sites for hydroxylation is 2. The zero-order valence-electron chi connectivity index (χ0n) is 15.9. The van der Waals surface area contributed by atoms with Crippen molar-refractivity contribution < 1.29 is 23.9 Å². The van der Waals surface area contributed by atoms with Gasteiger partial charge in [-0.3, -0.25) is 9.59 Å². The minimum absolute atomic E-state index is 0.0512. The Hall–Kier alpha value is -3.15. The number of ether oxygens (including phenoxy) is 2. The minimum atomic E-state index is -0.958. The fraction of sp³-hybridized carbons (Fsp3) is 0.286. The van der Waals surface area contributed by atoms with Crippen molar-refractivity contribution in [2.75, 3.05) is 11.9 Å². The number of anilines is 1. The van der Waals surface area contributed by atoms with E-state index >= 15 is 0 Å². The smallest absolute Gasteiger partial charge is 0.344 e. The molecule has 0 spiro atoms. The van der Waals surface area contributed by atoms with Crippen LogP contribution in [-0.2, 0) is 14.3 Å². The van der Waals surface area contributed by atoms with Crippen LogP contribution in [-0.4, -0.2) is 30.4 Å². The van der Waals surface area contributed by atoms with Crippen molar-refractivity contribution in [2.24, 2.45) is 0 Å². The van der Waals surface area contributed by atoms with Gasteiger partial charge in [-0.1, -0.05) is 18.2 Å². The van der Waals surface area contributed by atoms with Gasteiger partial charge in [0.1, 0.15) is 5.75 Å². The second kappa shape index (κ2) is 8.98. The monoisotopic (exact) mass is 369 g/mol. The molecule has 0 radical (unpaired) electrons. The summed E-state index contributed by atoms with van der Waals surface area (Å²) in [5.41, 5.74) is 3.13. The van der Waals surface area contributed by atoms with E-state index in [4.69, 9.17) is 9.47 Å². The molecule has 0 saturated carbocycles. The number of hydrogen-bond acceptors (Lipinski definition) is 5. The molecular weight excluding hydrogens is 346 g/mol. The second-order valence-electron chi connectivity index (χ2n) is 6.26. The maximum Gasteiger partial charge on any atom is 0.344 e. The molecule has 0 aliphatic heterocycles. The molecule has 2 rings (SSSR count). The molecule has 0 heterocycles. The number of nitrogens with one attached hydrogen (secondary N) is 1. The van der Waals surface area contributed by atoms with E-state index in [1.165, 1.54) is 13.8 Å². The number of hydrogen-bond donors (Lipinski definition) is 1. The average Bonchev–Trinajstić information content (AvgIpc) is 2.63. The predicted molar refractivity (Wildman–Crippen MR) is 102 cm³/mol. The summed E-state index contributed by atoms with van der Waals surface area (Å²) in [5.74, 6) is -0.685. The van der Waals surface area contributed by atoms with Crippen molar-refractivity contribution in [2.45, 2.75) is 33.8 Å². The highest BCUT2D eigenvalue weighted by molar-refractivity contribution is 5.96. The van der Waals surface area contributed by atoms with Crippen molar-refractivity contribution in [3.63, 3.8) is 0 Å². The van der Waals surface area contributed by atoms with Gasteiger partial charge in [0.05, 0.1) is 0 Å². The number of ketones is 1. The van der Waals surface area contributed by atoms with Gasteiger partial charge in [0.2, 0.25) is 0 Å². The quantitative estimate of drug-likeness (QED) is 0.597. The van der Waals surface area contributed by atoms with Crippen molar-refractivity contribution in [1.29, 1.82) is 0 Å². The summed E-state index contributed by atoms with van der Waals surface area (Å²) in [6, 6.07) is 12.1. The van der Waals surface area contributed by atoms with E-state index in [1.807, 2.05) is 32.0 Å². The third kappa shape index (κ3) is 5.67. The zero-order valence-corrected chi connectivity index (χ0v) is 15.9. The van der Waals surface area contributed by atoms with Gasteiger partial charge in [0.25, 0.3) is 5.91 Å². The molecule has 1 atom stereocenters. The number of Topliss-reactive ketones (excluding diaryl/α,β-unsaturated/α-hetero) is 1. The Morgan fingerprint density at radius 3 is 2.15 bits per heavy atom. The molecule has 27 heavy (non-hydrogen) atoms. The SMILES string of the molecule is CC(=O)c1ccc(OCC(=O)O[C@@H](C)C(=O)Nc2c(C)cccc2C)cc1. The van der Waals surface area contributed by atoms with Crippen LogP contribution in [0.2, 0.25) is 0 Å². The van der Waals surface area contributed by atoms with Crippen LogP contribution >= 0.6 is 0 Å². The third-order valence-electron chi connectivity index (χ3n) is 4.02. The van der Waals surface area contributed by atoms with Crippen LogP contribution in [0.25, 0.3) is 0 Å². The van der Waals surface area contributed by atoms with Gasteiger partial charge in [-0.25, -0.2) is 4.79 Å². The Balaban J connectivity index is 1.85. The standard InChI is InChI=1S/C21H23NO5/c1-13-6-5-7-14(2)20(13)22-21(25)16(4)27-19(24)12-26-18-10-8-17(9-11-18)15(3)23/h5-11,16H,12H2,1-4H3,(H,22,25)/t16-/m0/s1. The number of carbonyl (C=O) groups is 3. The lowest BCUT2D eigenvalue weighted by Gasteiger charge is -2.16. The molecule has 0 unspecified atom stereocenters. The average molecular weight is 369 g/mol. The predicted octanol–water partition coefficient (Wildman–Crippen LogP) is 3.46. The molecule has 0 bridgehead atoms. The number of esters is 1. The Labute approximate surface area is 158 Å². The molecule has 6 heteroatoms. The van der Waals surface area contributed by atoms with Gasteiger partial charge in [-0.15, -0.1) is 0 Å². The van der Waals surface area contributed by atoms with E-state index in [1.54, 1.807) is 24.3 Å². The lowest BCUT2D eigenvalue weighted by molar-refractivity contribution is -0.155. The molecule has 6 nitrogen and oxygen atoms in total. The Morgan fingerprint density at radius 2 is 1.59 bits per heavy atom. The molecule has 142 valence electrons. The number of carbonyl (C=O) groups excluding carboxylic acids is 3. The minimum Gasteiger partial charge on any atom is -0.482 e. The van der Waals surface area contributed by atoms with Crippen molar-refractivity contribution in [1.82, 2.24) is 0 Å². The van der Waals surface area contributed by atoms with Gasteiger partial charge in [0, 0.05) is 11.3 Å². The number of benzene rings is 2. The highest BCUT2D eigenvalue weighted by Gasteiger charge is 2.19. The van der Waals surface area contributed by atoms with Crippen molar-refractivity contribution in [3.05, 3.63) is 59.2 Å². The van der Waals surface area contributed by atoms with E-state index in [2.05, 4.69) is 5.32 Å². The molecule has 2 aromatic carbocycles. The van der Waals surface area contributed by atoms with E-state index in [-0.39, 0.29) is 12.4 Å². The van der Waals surface area contributed by atoms with Crippen LogP contribution in [0, 0.1) is 13.8 Å². The first-order valence-electron chi connectivity index (χ1n) is 8.58. The van der Waals surface area contributed by atoms with Crippen LogP contribution in [0.5, 0.6) is 5.75 Å². The first-order chi connectivity index (χ1) is 12.8. The molecule has 0 saturated heterocycles. The van der Waals surface area contributed by atoms with Crippen LogP contribution in [0.15, 0.2) is 42.5 Å². The van der Waals surface area contributed by atoms with E-state index in [0.717, 1.165) is 11.1 Å². The van der Waals surface area contributed by atoms with Crippen LogP contribution in [0.4, 0.5) is 5.69 Å². The van der Waals surface area contributed by atoms with E-state index in [9.17, 15) is 14.4 Å².